The maximum Gasteiger partial charge on any atom is 0.250 e. The van der Waals surface area contributed by atoms with Gasteiger partial charge < -0.3 is 11.1 Å². The van der Waals surface area contributed by atoms with Crippen molar-refractivity contribution >= 4 is 11.7 Å². The summed E-state index contributed by atoms with van der Waals surface area (Å²) >= 11 is 0. The number of aromatic nitrogens is 1. The van der Waals surface area contributed by atoms with Crippen LogP contribution in [0.15, 0.2) is 18.3 Å². The second-order valence-electron chi connectivity index (χ2n) is 5.95. The summed E-state index contributed by atoms with van der Waals surface area (Å²) in [5.41, 5.74) is 5.67. The summed E-state index contributed by atoms with van der Waals surface area (Å²) in [5, 5.41) is 3.52. The number of hydrogen-bond donors (Lipinski definition) is 2. The van der Waals surface area contributed by atoms with E-state index in [4.69, 9.17) is 5.73 Å². The molecule has 3 aliphatic carbocycles. The third-order valence-corrected chi connectivity index (χ3v) is 5.10. The first-order valence-corrected chi connectivity index (χ1v) is 6.76. The number of nitrogens with zero attached hydrogens (tertiary/aromatic N) is 1. The van der Waals surface area contributed by atoms with Gasteiger partial charge in [-0.15, -0.1) is 0 Å². The zero-order chi connectivity index (χ0) is 12.3. The van der Waals surface area contributed by atoms with Gasteiger partial charge in [0.15, 0.2) is 0 Å². The maximum absolute atomic E-state index is 11.0. The van der Waals surface area contributed by atoms with E-state index in [2.05, 4.69) is 10.3 Å². The number of carbonyl (C=O) groups excluding carboxylic acids is 1. The number of rotatable bonds is 3. The Morgan fingerprint density at radius 2 is 2.00 bits per heavy atom. The number of carbonyl (C=O) groups is 1. The SMILES string of the molecule is NC(=O)c1ccc(NC2C3C4CCC(C4)C23)nc1. The van der Waals surface area contributed by atoms with Crippen molar-refractivity contribution in [3.05, 3.63) is 23.9 Å². The van der Waals surface area contributed by atoms with Crippen molar-refractivity contribution in [3.63, 3.8) is 0 Å². The Labute approximate surface area is 106 Å². The molecule has 1 amide bonds. The van der Waals surface area contributed by atoms with E-state index in [1.165, 1.54) is 19.3 Å². The van der Waals surface area contributed by atoms with E-state index in [0.717, 1.165) is 29.5 Å². The molecule has 0 radical (unpaired) electrons. The van der Waals surface area contributed by atoms with E-state index in [9.17, 15) is 4.79 Å². The first-order chi connectivity index (χ1) is 8.74. The molecule has 1 aromatic rings. The van der Waals surface area contributed by atoms with E-state index in [-0.39, 0.29) is 0 Å². The Morgan fingerprint density at radius 3 is 2.56 bits per heavy atom. The molecule has 3 aliphatic rings. The smallest absolute Gasteiger partial charge is 0.250 e. The number of hydrogen-bond acceptors (Lipinski definition) is 3. The van der Waals surface area contributed by atoms with Crippen LogP contribution in [0.25, 0.3) is 0 Å². The average Bonchev–Trinajstić information content (AvgIpc) is 2.78. The number of nitrogens with two attached hydrogens (primary N) is 1. The quantitative estimate of drug-likeness (QED) is 0.848. The third-order valence-electron chi connectivity index (χ3n) is 5.10. The predicted octanol–water partition coefficient (Wildman–Crippen LogP) is 1.64. The Bertz CT molecular complexity index is 482. The van der Waals surface area contributed by atoms with Gasteiger partial charge in [0, 0.05) is 12.2 Å². The zero-order valence-electron chi connectivity index (χ0n) is 10.2. The fourth-order valence-corrected chi connectivity index (χ4v) is 4.31. The Morgan fingerprint density at radius 1 is 1.28 bits per heavy atom. The Kier molecular flexibility index (Phi) is 1.99. The molecule has 18 heavy (non-hydrogen) atoms. The summed E-state index contributed by atoms with van der Waals surface area (Å²) in [4.78, 5) is 15.2. The summed E-state index contributed by atoms with van der Waals surface area (Å²) in [6, 6.07) is 4.23. The molecule has 1 heterocycles. The van der Waals surface area contributed by atoms with Crippen molar-refractivity contribution < 1.29 is 4.79 Å². The Hall–Kier alpha value is -1.58. The van der Waals surface area contributed by atoms with Gasteiger partial charge in [-0.25, -0.2) is 4.98 Å². The van der Waals surface area contributed by atoms with E-state index in [0.29, 0.717) is 11.6 Å². The van der Waals surface area contributed by atoms with Crippen molar-refractivity contribution in [1.82, 2.24) is 4.98 Å². The number of pyridine rings is 1. The van der Waals surface area contributed by atoms with Crippen molar-refractivity contribution in [3.8, 4) is 0 Å². The van der Waals surface area contributed by atoms with Gasteiger partial charge in [-0.2, -0.15) is 0 Å². The van der Waals surface area contributed by atoms with E-state index in [1.54, 1.807) is 12.3 Å². The molecule has 3 saturated carbocycles. The van der Waals surface area contributed by atoms with Gasteiger partial charge in [-0.05, 0) is 55.1 Å². The summed E-state index contributed by atoms with van der Waals surface area (Å²) in [6.45, 7) is 0. The number of primary amides is 1. The summed E-state index contributed by atoms with van der Waals surface area (Å²) in [5.74, 6) is 4.15. The van der Waals surface area contributed by atoms with Crippen LogP contribution in [-0.4, -0.2) is 16.9 Å². The zero-order valence-corrected chi connectivity index (χ0v) is 10.2. The highest BCUT2D eigenvalue weighted by Gasteiger charge is 2.65. The van der Waals surface area contributed by atoms with Crippen LogP contribution in [0, 0.1) is 23.7 Å². The van der Waals surface area contributed by atoms with Crippen LogP contribution >= 0.6 is 0 Å². The van der Waals surface area contributed by atoms with Gasteiger partial charge in [0.2, 0.25) is 5.91 Å². The second-order valence-corrected chi connectivity index (χ2v) is 5.95. The molecule has 2 bridgehead atoms. The monoisotopic (exact) mass is 243 g/mol. The van der Waals surface area contributed by atoms with Crippen molar-refractivity contribution in [2.75, 3.05) is 5.32 Å². The van der Waals surface area contributed by atoms with Crippen molar-refractivity contribution in [2.24, 2.45) is 29.4 Å². The van der Waals surface area contributed by atoms with Crippen LogP contribution in [0.1, 0.15) is 29.6 Å². The average molecular weight is 243 g/mol. The predicted molar refractivity (Wildman–Crippen MR) is 68.0 cm³/mol. The number of fused-ring (bicyclic) bond motifs is 5. The van der Waals surface area contributed by atoms with Crippen LogP contribution in [0.5, 0.6) is 0 Å². The lowest BCUT2D eigenvalue weighted by atomic mass is 10.0. The molecule has 0 saturated heterocycles. The molecule has 4 nitrogen and oxygen atoms in total. The maximum atomic E-state index is 11.0. The molecule has 4 unspecified atom stereocenters. The van der Waals surface area contributed by atoms with Gasteiger partial charge in [0.25, 0.3) is 0 Å². The first-order valence-electron chi connectivity index (χ1n) is 6.76. The normalized spacial score (nSPS) is 39.4. The molecule has 3 fully saturated rings. The molecular weight excluding hydrogens is 226 g/mol. The molecule has 4 rings (SSSR count). The molecule has 0 spiro atoms. The fourth-order valence-electron chi connectivity index (χ4n) is 4.31. The van der Waals surface area contributed by atoms with Crippen molar-refractivity contribution in [2.45, 2.75) is 25.3 Å². The lowest BCUT2D eigenvalue weighted by molar-refractivity contribution is 0.1000. The van der Waals surface area contributed by atoms with Crippen LogP contribution in [0.3, 0.4) is 0 Å². The molecule has 0 aromatic carbocycles. The number of nitrogens with one attached hydrogen (secondary N) is 1. The summed E-state index contributed by atoms with van der Waals surface area (Å²) in [7, 11) is 0. The first kappa shape index (κ1) is 10.4. The van der Waals surface area contributed by atoms with Crippen LogP contribution in [0.2, 0.25) is 0 Å². The molecule has 1 aromatic heterocycles. The lowest BCUT2D eigenvalue weighted by Gasteiger charge is -2.11. The van der Waals surface area contributed by atoms with Gasteiger partial charge in [0.1, 0.15) is 5.82 Å². The Balaban J connectivity index is 1.46. The highest BCUT2D eigenvalue weighted by molar-refractivity contribution is 5.92. The minimum absolute atomic E-state index is 0.421. The topological polar surface area (TPSA) is 68.0 Å². The van der Waals surface area contributed by atoms with Crippen LogP contribution < -0.4 is 11.1 Å². The molecular formula is C14H17N3O. The van der Waals surface area contributed by atoms with Gasteiger partial charge in [-0.1, -0.05) is 0 Å². The van der Waals surface area contributed by atoms with Gasteiger partial charge in [0.05, 0.1) is 5.56 Å². The number of anilines is 1. The second kappa shape index (κ2) is 3.46. The molecule has 4 atom stereocenters. The van der Waals surface area contributed by atoms with Gasteiger partial charge >= 0.3 is 0 Å². The molecule has 4 heteroatoms. The molecule has 3 N–H and O–H groups in total. The standard InChI is InChI=1S/C14H17N3O/c15-14(18)9-3-4-10(16-6-9)17-13-11-7-1-2-8(5-7)12(11)13/h3-4,6-8,11-13H,1-2,5H2,(H2,15,18)(H,16,17). The van der Waals surface area contributed by atoms with Crippen molar-refractivity contribution in [1.29, 1.82) is 0 Å². The van der Waals surface area contributed by atoms with E-state index in [1.807, 2.05) is 6.07 Å². The molecule has 94 valence electrons. The van der Waals surface area contributed by atoms with E-state index >= 15 is 0 Å². The lowest BCUT2D eigenvalue weighted by Crippen LogP contribution is -2.15. The summed E-state index contributed by atoms with van der Waals surface area (Å²) < 4.78 is 0. The summed E-state index contributed by atoms with van der Waals surface area (Å²) in [6.07, 6.45) is 5.87. The van der Waals surface area contributed by atoms with E-state index < -0.39 is 5.91 Å². The van der Waals surface area contributed by atoms with Crippen LogP contribution in [-0.2, 0) is 0 Å². The largest absolute Gasteiger partial charge is 0.367 e. The van der Waals surface area contributed by atoms with Crippen LogP contribution in [0.4, 0.5) is 5.82 Å². The molecule has 0 aliphatic heterocycles. The highest BCUT2D eigenvalue weighted by atomic mass is 16.1. The minimum atomic E-state index is -0.421. The minimum Gasteiger partial charge on any atom is -0.367 e. The fraction of sp³-hybridized carbons (Fsp3) is 0.571. The van der Waals surface area contributed by atoms with Gasteiger partial charge in [-0.3, -0.25) is 4.79 Å². The third kappa shape index (κ3) is 1.38. The highest BCUT2D eigenvalue weighted by Crippen LogP contribution is 2.66. The number of amides is 1.